The number of aryl methyl sites for hydroxylation is 1. The molecule has 3 nitrogen and oxygen atoms in total. The molecule has 3 aromatic rings. The third-order valence-electron chi connectivity index (χ3n) is 4.80. The molecule has 0 unspecified atom stereocenters. The molecule has 0 atom stereocenters. The van der Waals surface area contributed by atoms with Gasteiger partial charge in [0.25, 0.3) is 5.01 Å². The Morgan fingerprint density at radius 1 is 1.17 bits per heavy atom. The van der Waals surface area contributed by atoms with Crippen LogP contribution in [0.15, 0.2) is 58.0 Å². The number of fused-ring (bicyclic) bond motifs is 2. The van der Waals surface area contributed by atoms with Gasteiger partial charge in [0, 0.05) is 27.1 Å². The highest BCUT2D eigenvalue weighted by molar-refractivity contribution is 8.03. The Balaban J connectivity index is 1.74. The second-order valence-electron chi connectivity index (χ2n) is 6.66. The molecule has 0 radical (unpaired) electrons. The minimum atomic E-state index is 0.304. The van der Waals surface area contributed by atoms with Crippen molar-refractivity contribution in [3.63, 3.8) is 0 Å². The van der Waals surface area contributed by atoms with E-state index in [2.05, 4.69) is 36.8 Å². The minimum Gasteiger partial charge on any atom is -0.328 e. The third kappa shape index (κ3) is 4.10. The Morgan fingerprint density at radius 3 is 2.69 bits per heavy atom. The molecule has 2 heterocycles. The fourth-order valence-corrected chi connectivity index (χ4v) is 5.84. The monoisotopic (exact) mass is 461 g/mol. The molecule has 0 N–H and O–H groups in total. The van der Waals surface area contributed by atoms with Gasteiger partial charge >= 0.3 is 0 Å². The van der Waals surface area contributed by atoms with E-state index < -0.39 is 0 Å². The first kappa shape index (κ1) is 20.5. The molecule has 1 aliphatic rings. The molecule has 0 saturated carbocycles. The zero-order valence-corrected chi connectivity index (χ0v) is 19.1. The van der Waals surface area contributed by atoms with Crippen LogP contribution in [0.4, 0.5) is 5.69 Å². The number of benzene rings is 2. The van der Waals surface area contributed by atoms with E-state index in [4.69, 9.17) is 23.2 Å². The Hall–Kier alpha value is -1.79. The molecule has 0 aliphatic carbocycles. The normalized spacial score (nSPS) is 15.4. The van der Waals surface area contributed by atoms with Gasteiger partial charge in [-0.2, -0.15) is 4.57 Å². The number of aromatic nitrogens is 1. The Bertz CT molecular complexity index is 1170. The largest absolute Gasteiger partial charge is 0.328 e. The molecule has 0 spiro atoms. The summed E-state index contributed by atoms with van der Waals surface area (Å²) in [6.45, 7) is 2.44. The number of nitrogens with zero attached hydrogens (tertiary/aromatic N) is 2. The second-order valence-corrected chi connectivity index (χ2v) is 9.66. The summed E-state index contributed by atoms with van der Waals surface area (Å²) in [6, 6.07) is 11.8. The SMILES string of the molecule is CCC(=Cc1sc2ccc(Cl)cc2[n+]1C)C=C1Sc2ccc(Cl)cc2N1CC=O. The van der Waals surface area contributed by atoms with Gasteiger partial charge in [0.15, 0.2) is 0 Å². The number of hydrogen-bond acceptors (Lipinski definition) is 4. The number of thiazole rings is 1. The summed E-state index contributed by atoms with van der Waals surface area (Å²) in [5.41, 5.74) is 3.30. The van der Waals surface area contributed by atoms with Crippen LogP contribution in [-0.4, -0.2) is 12.8 Å². The molecule has 0 fully saturated rings. The molecule has 2 aromatic carbocycles. The highest BCUT2D eigenvalue weighted by Gasteiger charge is 2.25. The lowest BCUT2D eigenvalue weighted by atomic mass is 10.2. The van der Waals surface area contributed by atoms with Crippen molar-refractivity contribution in [2.45, 2.75) is 18.2 Å². The second kappa shape index (κ2) is 8.52. The predicted octanol–water partition coefficient (Wildman–Crippen LogP) is 6.48. The highest BCUT2D eigenvalue weighted by atomic mass is 35.5. The number of anilines is 1. The number of hydrogen-bond donors (Lipinski definition) is 0. The Labute approximate surface area is 188 Å². The topological polar surface area (TPSA) is 24.2 Å². The van der Waals surface area contributed by atoms with Gasteiger partial charge in [0.1, 0.15) is 18.0 Å². The average Bonchev–Trinajstić information content (AvgIpc) is 3.19. The zero-order chi connectivity index (χ0) is 20.5. The lowest BCUT2D eigenvalue weighted by Crippen LogP contribution is -2.29. The summed E-state index contributed by atoms with van der Waals surface area (Å²) in [4.78, 5) is 14.4. The van der Waals surface area contributed by atoms with E-state index >= 15 is 0 Å². The molecule has 29 heavy (non-hydrogen) atoms. The van der Waals surface area contributed by atoms with E-state index in [-0.39, 0.29) is 0 Å². The predicted molar refractivity (Wildman–Crippen MR) is 125 cm³/mol. The van der Waals surface area contributed by atoms with Crippen LogP contribution in [0.1, 0.15) is 18.4 Å². The molecule has 0 saturated heterocycles. The number of rotatable bonds is 5. The lowest BCUT2D eigenvalue weighted by Gasteiger charge is -2.17. The summed E-state index contributed by atoms with van der Waals surface area (Å²) >= 11 is 15.8. The van der Waals surface area contributed by atoms with Crippen molar-refractivity contribution >= 4 is 74.6 Å². The summed E-state index contributed by atoms with van der Waals surface area (Å²) in [7, 11) is 2.06. The number of aldehydes is 1. The fourth-order valence-electron chi connectivity index (χ4n) is 3.27. The van der Waals surface area contributed by atoms with Gasteiger partial charge in [-0.3, -0.25) is 0 Å². The number of carbonyl (C=O) groups is 1. The maximum atomic E-state index is 11.3. The number of carbonyl (C=O) groups excluding carboxylic acids is 1. The smallest absolute Gasteiger partial charge is 0.262 e. The van der Waals surface area contributed by atoms with E-state index in [0.29, 0.717) is 11.6 Å². The number of halogens is 2. The number of allylic oxidation sites excluding steroid dienone is 2. The van der Waals surface area contributed by atoms with Crippen LogP contribution < -0.4 is 9.47 Å². The van der Waals surface area contributed by atoms with Crippen molar-refractivity contribution in [2.75, 3.05) is 11.4 Å². The maximum absolute atomic E-state index is 11.3. The molecule has 4 rings (SSSR count). The van der Waals surface area contributed by atoms with Crippen LogP contribution in [0.2, 0.25) is 10.0 Å². The Morgan fingerprint density at radius 2 is 1.93 bits per heavy atom. The van der Waals surface area contributed by atoms with Crippen molar-refractivity contribution in [1.29, 1.82) is 0 Å². The minimum absolute atomic E-state index is 0.304. The van der Waals surface area contributed by atoms with Crippen molar-refractivity contribution in [1.82, 2.24) is 0 Å². The molecular formula is C22H19Cl2N2OS2+. The first-order valence-electron chi connectivity index (χ1n) is 9.19. The standard InChI is InChI=1S/C22H19Cl2N2OS2/c1-3-14(10-21-25(2)17-12-15(23)4-6-19(17)28-21)11-22-26(8-9-27)18-13-16(24)5-7-20(18)29-22/h4-7,9-13H,3,8H2,1-2H3/q+1. The Kier molecular flexibility index (Phi) is 6.02. The van der Waals surface area contributed by atoms with Gasteiger partial charge in [-0.05, 0) is 48.4 Å². The zero-order valence-electron chi connectivity index (χ0n) is 16.0. The summed E-state index contributed by atoms with van der Waals surface area (Å²) in [5, 5.41) is 3.60. The van der Waals surface area contributed by atoms with Crippen LogP contribution in [0.3, 0.4) is 0 Å². The van der Waals surface area contributed by atoms with E-state index in [0.717, 1.165) is 43.9 Å². The van der Waals surface area contributed by atoms with E-state index in [1.165, 1.54) is 10.3 Å². The van der Waals surface area contributed by atoms with Crippen LogP contribution >= 0.6 is 46.3 Å². The molecule has 0 bridgehead atoms. The van der Waals surface area contributed by atoms with Crippen molar-refractivity contribution < 1.29 is 9.36 Å². The quantitative estimate of drug-likeness (QED) is 0.321. The van der Waals surface area contributed by atoms with E-state index in [1.807, 2.05) is 35.2 Å². The van der Waals surface area contributed by atoms with E-state index in [1.54, 1.807) is 23.1 Å². The molecule has 1 aliphatic heterocycles. The molecule has 0 amide bonds. The van der Waals surface area contributed by atoms with Crippen molar-refractivity contribution in [3.05, 3.63) is 68.1 Å². The maximum Gasteiger partial charge on any atom is 0.262 e. The summed E-state index contributed by atoms with van der Waals surface area (Å²) < 4.78 is 3.37. The summed E-state index contributed by atoms with van der Waals surface area (Å²) in [6.07, 6.45) is 6.18. The average molecular weight is 462 g/mol. The first-order valence-corrected chi connectivity index (χ1v) is 11.6. The molecule has 7 heteroatoms. The van der Waals surface area contributed by atoms with Gasteiger partial charge in [0.2, 0.25) is 5.52 Å². The van der Waals surface area contributed by atoms with Gasteiger partial charge in [-0.25, -0.2) is 0 Å². The molecule has 1 aromatic heterocycles. The van der Waals surface area contributed by atoms with Crippen LogP contribution in [0.25, 0.3) is 16.3 Å². The lowest BCUT2D eigenvalue weighted by molar-refractivity contribution is -0.642. The fraction of sp³-hybridized carbons (Fsp3) is 0.182. The van der Waals surface area contributed by atoms with Gasteiger partial charge in [0.05, 0.1) is 17.3 Å². The van der Waals surface area contributed by atoms with Gasteiger partial charge in [-0.15, -0.1) is 0 Å². The first-order chi connectivity index (χ1) is 14.0. The van der Waals surface area contributed by atoms with Crippen LogP contribution in [-0.2, 0) is 11.8 Å². The highest BCUT2D eigenvalue weighted by Crippen LogP contribution is 2.47. The van der Waals surface area contributed by atoms with Crippen LogP contribution in [0.5, 0.6) is 0 Å². The van der Waals surface area contributed by atoms with Gasteiger partial charge < -0.3 is 9.69 Å². The van der Waals surface area contributed by atoms with E-state index in [9.17, 15) is 4.79 Å². The molecular weight excluding hydrogens is 443 g/mol. The summed E-state index contributed by atoms with van der Waals surface area (Å²) in [5.74, 6) is 0. The third-order valence-corrected chi connectivity index (χ3v) is 7.55. The number of thioether (sulfide) groups is 1. The van der Waals surface area contributed by atoms with Crippen molar-refractivity contribution in [3.8, 4) is 0 Å². The van der Waals surface area contributed by atoms with Crippen LogP contribution in [0, 0.1) is 0 Å². The molecule has 148 valence electrons. The van der Waals surface area contributed by atoms with Gasteiger partial charge in [-0.1, -0.05) is 53.2 Å². The van der Waals surface area contributed by atoms with Crippen molar-refractivity contribution in [2.24, 2.45) is 7.05 Å².